The van der Waals surface area contributed by atoms with Crippen LogP contribution in [0.1, 0.15) is 19.3 Å². The van der Waals surface area contributed by atoms with Crippen LogP contribution in [0.4, 0.5) is 4.39 Å². The number of nitrogens with zero attached hydrogens (tertiary/aromatic N) is 1. The van der Waals surface area contributed by atoms with Crippen LogP contribution in [0.5, 0.6) is 0 Å². The second kappa shape index (κ2) is 7.63. The number of carbonyl (C=O) groups excluding carboxylic acids is 1. The molecule has 3 heterocycles. The number of ether oxygens (including phenoxy) is 2. The Balaban J connectivity index is 2.22. The van der Waals surface area contributed by atoms with Crippen LogP contribution in [0.25, 0.3) is 0 Å². The van der Waals surface area contributed by atoms with Crippen LogP contribution in [0.3, 0.4) is 0 Å². The first-order valence-corrected chi connectivity index (χ1v) is 8.94. The molecule has 0 spiro atoms. The van der Waals surface area contributed by atoms with Gasteiger partial charge in [0.15, 0.2) is 17.5 Å². The highest BCUT2D eigenvalue weighted by Crippen LogP contribution is 2.38. The molecule has 0 aromatic carbocycles. The summed E-state index contributed by atoms with van der Waals surface area (Å²) in [6.07, 6.45) is 5.25. The molecule has 3 rings (SSSR count). The molecule has 0 saturated carbocycles. The fraction of sp³-hybridized carbons (Fsp3) is 0.556. The van der Waals surface area contributed by atoms with Gasteiger partial charge in [0.2, 0.25) is 5.91 Å². The zero-order valence-electron chi connectivity index (χ0n) is 15.4. The first kappa shape index (κ1) is 20.5. The van der Waals surface area contributed by atoms with Gasteiger partial charge in [-0.3, -0.25) is 9.79 Å². The predicted molar refractivity (Wildman–Crippen MR) is 96.9 cm³/mol. The van der Waals surface area contributed by atoms with Crippen LogP contribution in [0.15, 0.2) is 40.2 Å². The van der Waals surface area contributed by atoms with Crippen molar-refractivity contribution in [1.29, 1.82) is 0 Å². The largest absolute Gasteiger partial charge is 0.506 e. The number of nitrogens with one attached hydrogen (secondary N) is 1. The molecular weight excluding hydrogens is 373 g/mol. The van der Waals surface area contributed by atoms with E-state index >= 15 is 4.39 Å². The highest BCUT2D eigenvalue weighted by Gasteiger charge is 2.49. The van der Waals surface area contributed by atoms with Crippen LogP contribution < -0.4 is 11.1 Å². The lowest BCUT2D eigenvalue weighted by Crippen LogP contribution is -2.56. The van der Waals surface area contributed by atoms with Crippen LogP contribution in [0, 0.1) is 0 Å². The van der Waals surface area contributed by atoms with Gasteiger partial charge in [-0.1, -0.05) is 0 Å². The molecule has 1 saturated heterocycles. The molecule has 1 amide bonds. The molecule has 3 aliphatic heterocycles. The van der Waals surface area contributed by atoms with E-state index in [4.69, 9.17) is 15.2 Å². The Morgan fingerprint density at radius 3 is 2.86 bits per heavy atom. The summed E-state index contributed by atoms with van der Waals surface area (Å²) in [4.78, 5) is 15.5. The highest BCUT2D eigenvalue weighted by molar-refractivity contribution is 6.11. The monoisotopic (exact) mass is 397 g/mol. The smallest absolute Gasteiger partial charge is 0.307 e. The summed E-state index contributed by atoms with van der Waals surface area (Å²) in [5.74, 6) is -5.36. The summed E-state index contributed by atoms with van der Waals surface area (Å²) in [7, 11) is 1.36. The van der Waals surface area contributed by atoms with Gasteiger partial charge in [0.25, 0.3) is 0 Å². The van der Waals surface area contributed by atoms with Gasteiger partial charge in [-0.05, 0) is 37.6 Å². The van der Waals surface area contributed by atoms with Crippen molar-refractivity contribution in [1.82, 2.24) is 5.32 Å². The van der Waals surface area contributed by atoms with E-state index in [0.29, 0.717) is 18.6 Å². The van der Waals surface area contributed by atoms with Crippen LogP contribution in [-0.4, -0.2) is 71.0 Å². The van der Waals surface area contributed by atoms with Crippen molar-refractivity contribution in [2.24, 2.45) is 10.7 Å². The third-order valence-electron chi connectivity index (χ3n) is 5.15. The molecule has 6 N–H and O–H groups in total. The fourth-order valence-electron chi connectivity index (χ4n) is 3.65. The number of halogens is 1. The summed E-state index contributed by atoms with van der Waals surface area (Å²) >= 11 is 0. The number of hydrogen-bond donors (Lipinski definition) is 5. The lowest BCUT2D eigenvalue weighted by molar-refractivity contribution is -0.118. The minimum atomic E-state index is -3.35. The number of aliphatic hydroxyl groups excluding tert-OH is 2. The summed E-state index contributed by atoms with van der Waals surface area (Å²) in [5, 5.41) is 33.2. The number of amides is 1. The van der Waals surface area contributed by atoms with Gasteiger partial charge >= 0.3 is 5.85 Å². The van der Waals surface area contributed by atoms with E-state index < -0.39 is 47.7 Å². The Labute approximate surface area is 161 Å². The number of alkyl halides is 1. The van der Waals surface area contributed by atoms with Gasteiger partial charge in [0.1, 0.15) is 5.71 Å². The maximum atomic E-state index is 15.1. The summed E-state index contributed by atoms with van der Waals surface area (Å²) < 4.78 is 26.4. The van der Waals surface area contributed by atoms with Crippen molar-refractivity contribution in [2.45, 2.75) is 43.0 Å². The average Bonchev–Trinajstić information content (AvgIpc) is 2.69. The Bertz CT molecular complexity index is 763. The number of allylic oxidation sites excluding steroid dienone is 1. The van der Waals surface area contributed by atoms with Crippen LogP contribution >= 0.6 is 0 Å². The zero-order valence-corrected chi connectivity index (χ0v) is 15.4. The standard InChI is InChI=1S/C18H24FN3O6/c1-27-17(9-23)14(12-4-2-3-7-28-12)10(5-6-21-17)15-18(19,26)13(24)8-11(22-15)16(20)25/h5-6,8,11-12,21,23-24,26H,2-4,7,9H2,1H3,(H2,20,25). The minimum absolute atomic E-state index is 0.0532. The number of aliphatic hydroxyl groups is 3. The third kappa shape index (κ3) is 3.32. The number of rotatable bonds is 5. The van der Waals surface area contributed by atoms with Gasteiger partial charge in [0.05, 0.1) is 12.7 Å². The summed E-state index contributed by atoms with van der Waals surface area (Å²) in [5.41, 5.74) is 3.56. The molecule has 154 valence electrons. The van der Waals surface area contributed by atoms with Crippen LogP contribution in [-0.2, 0) is 14.3 Å². The molecule has 10 heteroatoms. The van der Waals surface area contributed by atoms with E-state index in [1.165, 1.54) is 19.4 Å². The molecule has 0 aromatic rings. The number of aliphatic imine (C=N–C) groups is 1. The molecule has 1 fully saturated rings. The van der Waals surface area contributed by atoms with Gasteiger partial charge < -0.3 is 35.8 Å². The van der Waals surface area contributed by atoms with Crippen molar-refractivity contribution in [3.63, 3.8) is 0 Å². The van der Waals surface area contributed by atoms with Crippen molar-refractivity contribution in [3.8, 4) is 0 Å². The van der Waals surface area contributed by atoms with E-state index in [-0.39, 0.29) is 5.57 Å². The number of nitrogens with two attached hydrogens (primary N) is 1. The van der Waals surface area contributed by atoms with E-state index in [1.807, 2.05) is 0 Å². The first-order chi connectivity index (χ1) is 13.3. The molecule has 3 aliphatic rings. The molecular formula is C18H24FN3O6. The molecule has 0 radical (unpaired) electrons. The SMILES string of the molecule is COC1(CO)NC=CC(C2=NC(C(N)=O)C=C(O)C2(O)F)=C1C1CCCCO1. The lowest BCUT2D eigenvalue weighted by Gasteiger charge is -2.42. The van der Waals surface area contributed by atoms with E-state index in [1.54, 1.807) is 0 Å². The summed E-state index contributed by atoms with van der Waals surface area (Å²) in [6.45, 7) is -0.0661. The van der Waals surface area contributed by atoms with Gasteiger partial charge in [-0.25, -0.2) is 0 Å². The summed E-state index contributed by atoms with van der Waals surface area (Å²) in [6, 6.07) is -1.36. The number of carbonyl (C=O) groups is 1. The van der Waals surface area contributed by atoms with Crippen molar-refractivity contribution < 1.29 is 34.0 Å². The van der Waals surface area contributed by atoms with E-state index in [9.17, 15) is 20.1 Å². The van der Waals surface area contributed by atoms with Gasteiger partial charge in [-0.15, -0.1) is 0 Å². The van der Waals surface area contributed by atoms with E-state index in [0.717, 1.165) is 18.9 Å². The minimum Gasteiger partial charge on any atom is -0.506 e. The van der Waals surface area contributed by atoms with Gasteiger partial charge in [-0.2, -0.15) is 4.39 Å². The molecule has 9 nitrogen and oxygen atoms in total. The topological polar surface area (TPSA) is 147 Å². The number of primary amides is 1. The number of methoxy groups -OCH3 is 1. The number of hydrogen-bond acceptors (Lipinski definition) is 8. The zero-order chi connectivity index (χ0) is 20.5. The normalized spacial score (nSPS) is 35.9. The molecule has 0 bridgehead atoms. The Morgan fingerprint density at radius 2 is 2.29 bits per heavy atom. The second-order valence-electron chi connectivity index (χ2n) is 6.85. The van der Waals surface area contributed by atoms with Crippen LogP contribution in [0.2, 0.25) is 0 Å². The first-order valence-electron chi connectivity index (χ1n) is 8.94. The lowest BCUT2D eigenvalue weighted by atomic mass is 9.82. The molecule has 0 aromatic heterocycles. The molecule has 28 heavy (non-hydrogen) atoms. The highest BCUT2D eigenvalue weighted by atomic mass is 19.2. The predicted octanol–water partition coefficient (Wildman–Crippen LogP) is -0.287. The number of dihydropyridines is 2. The third-order valence-corrected chi connectivity index (χ3v) is 5.15. The Morgan fingerprint density at radius 1 is 1.54 bits per heavy atom. The maximum absolute atomic E-state index is 15.1. The Hall–Kier alpha value is -2.27. The molecule has 0 aliphatic carbocycles. The average molecular weight is 397 g/mol. The molecule has 4 unspecified atom stereocenters. The second-order valence-corrected chi connectivity index (χ2v) is 6.85. The van der Waals surface area contributed by atoms with Crippen molar-refractivity contribution in [3.05, 3.63) is 35.3 Å². The van der Waals surface area contributed by atoms with E-state index in [2.05, 4.69) is 10.3 Å². The molecule has 4 atom stereocenters. The van der Waals surface area contributed by atoms with Crippen molar-refractivity contribution >= 4 is 11.6 Å². The van der Waals surface area contributed by atoms with Crippen molar-refractivity contribution in [2.75, 3.05) is 20.3 Å². The quantitative estimate of drug-likeness (QED) is 0.428. The van der Waals surface area contributed by atoms with Gasteiger partial charge in [0, 0.05) is 24.9 Å². The Kier molecular flexibility index (Phi) is 5.57. The maximum Gasteiger partial charge on any atom is 0.307 e. The fourth-order valence-corrected chi connectivity index (χ4v) is 3.65.